The van der Waals surface area contributed by atoms with Crippen molar-refractivity contribution in [3.05, 3.63) is 77.7 Å². The number of benzene rings is 1. The van der Waals surface area contributed by atoms with Crippen molar-refractivity contribution in [1.82, 2.24) is 19.7 Å². The van der Waals surface area contributed by atoms with Crippen molar-refractivity contribution in [3.8, 4) is 5.82 Å². The summed E-state index contributed by atoms with van der Waals surface area (Å²) in [4.78, 5) is 19.8. The average Bonchev–Trinajstić information content (AvgIpc) is 3.14. The zero-order valence-corrected chi connectivity index (χ0v) is 17.9. The minimum atomic E-state index is -0.153. The molecule has 1 aromatic carbocycles. The summed E-state index contributed by atoms with van der Waals surface area (Å²) >= 11 is 0. The zero-order valence-electron chi connectivity index (χ0n) is 17.9. The number of aromatic nitrogens is 3. The van der Waals surface area contributed by atoms with E-state index in [0.29, 0.717) is 24.5 Å². The molecule has 30 heavy (non-hydrogen) atoms. The maximum Gasteiger partial charge on any atom is 0.257 e. The number of morpholine rings is 1. The molecule has 1 aliphatic heterocycles. The van der Waals surface area contributed by atoms with E-state index in [1.165, 1.54) is 0 Å². The quantitative estimate of drug-likeness (QED) is 0.656. The van der Waals surface area contributed by atoms with Crippen LogP contribution in [0, 0.1) is 12.3 Å². The lowest BCUT2D eigenvalue weighted by Crippen LogP contribution is -2.51. The maximum absolute atomic E-state index is 13.5. The minimum absolute atomic E-state index is 0.0202. The molecule has 1 amide bonds. The van der Waals surface area contributed by atoms with E-state index in [0.717, 1.165) is 11.3 Å². The number of hydrogen-bond donors (Lipinski definition) is 0. The number of carbonyl (C=O) groups excluding carboxylic acids is 1. The molecule has 1 fully saturated rings. The first kappa shape index (κ1) is 20.3. The topological polar surface area (TPSA) is 60.3 Å². The van der Waals surface area contributed by atoms with E-state index in [1.807, 2.05) is 48.2 Å². The number of ether oxygens (including phenoxy) is 1. The third-order valence-electron chi connectivity index (χ3n) is 5.63. The Morgan fingerprint density at radius 2 is 1.80 bits per heavy atom. The van der Waals surface area contributed by atoms with Gasteiger partial charge < -0.3 is 9.64 Å². The van der Waals surface area contributed by atoms with Gasteiger partial charge in [0.2, 0.25) is 0 Å². The number of carbonyl (C=O) groups is 1. The number of hydrogen-bond acceptors (Lipinski definition) is 4. The highest BCUT2D eigenvalue weighted by atomic mass is 16.5. The second-order valence-electron chi connectivity index (χ2n) is 8.84. The summed E-state index contributed by atoms with van der Waals surface area (Å²) in [5.74, 6) is 0.680. The molecule has 4 rings (SSSR count). The lowest BCUT2D eigenvalue weighted by atomic mass is 9.87. The van der Waals surface area contributed by atoms with Crippen molar-refractivity contribution in [1.29, 1.82) is 0 Å². The predicted molar refractivity (Wildman–Crippen MR) is 116 cm³/mol. The van der Waals surface area contributed by atoms with Gasteiger partial charge in [-0.3, -0.25) is 4.79 Å². The molecule has 156 valence electrons. The van der Waals surface area contributed by atoms with Crippen LogP contribution in [0.2, 0.25) is 0 Å². The molecule has 0 unspecified atom stereocenters. The Morgan fingerprint density at radius 1 is 1.07 bits per heavy atom. The second-order valence-corrected chi connectivity index (χ2v) is 8.84. The monoisotopic (exact) mass is 404 g/mol. The molecule has 0 aliphatic carbocycles. The molecule has 1 aliphatic rings. The lowest BCUT2D eigenvalue weighted by Gasteiger charge is -2.43. The Labute approximate surface area is 177 Å². The summed E-state index contributed by atoms with van der Waals surface area (Å²) < 4.78 is 8.15. The highest BCUT2D eigenvalue weighted by molar-refractivity contribution is 5.95. The van der Waals surface area contributed by atoms with Crippen LogP contribution in [0.5, 0.6) is 0 Å². The summed E-state index contributed by atoms with van der Waals surface area (Å²) in [5, 5.41) is 4.42. The summed E-state index contributed by atoms with van der Waals surface area (Å²) in [6, 6.07) is 15.8. The SMILES string of the molecule is Cc1c(C(=O)N2C[C@@H](c3ccccc3)O[C@@H](C(C)(C)C)C2)cnn1-c1ccccn1. The van der Waals surface area contributed by atoms with Crippen LogP contribution in [-0.2, 0) is 4.74 Å². The summed E-state index contributed by atoms with van der Waals surface area (Å²) in [6.45, 7) is 9.43. The lowest BCUT2D eigenvalue weighted by molar-refractivity contribution is -0.119. The van der Waals surface area contributed by atoms with Gasteiger partial charge in [-0.15, -0.1) is 0 Å². The predicted octanol–water partition coefficient (Wildman–Crippen LogP) is 4.20. The first-order chi connectivity index (χ1) is 14.3. The summed E-state index contributed by atoms with van der Waals surface area (Å²) in [7, 11) is 0. The summed E-state index contributed by atoms with van der Waals surface area (Å²) in [6.07, 6.45) is 3.15. The Bertz CT molecular complexity index is 1010. The third kappa shape index (κ3) is 4.00. The zero-order chi connectivity index (χ0) is 21.3. The number of rotatable bonds is 3. The van der Waals surface area contributed by atoms with E-state index >= 15 is 0 Å². The van der Waals surface area contributed by atoms with E-state index in [-0.39, 0.29) is 23.5 Å². The van der Waals surface area contributed by atoms with Crippen LogP contribution in [0.1, 0.15) is 48.5 Å². The second kappa shape index (κ2) is 8.03. The van der Waals surface area contributed by atoms with E-state index in [2.05, 4.69) is 43.0 Å². The molecule has 0 bridgehead atoms. The van der Waals surface area contributed by atoms with Gasteiger partial charge >= 0.3 is 0 Å². The van der Waals surface area contributed by atoms with E-state index in [1.54, 1.807) is 17.1 Å². The van der Waals surface area contributed by atoms with Crippen molar-refractivity contribution < 1.29 is 9.53 Å². The molecule has 6 nitrogen and oxygen atoms in total. The Hall–Kier alpha value is -2.99. The van der Waals surface area contributed by atoms with Gasteiger partial charge in [-0.1, -0.05) is 57.2 Å². The molecule has 0 spiro atoms. The van der Waals surface area contributed by atoms with E-state index in [9.17, 15) is 4.79 Å². The van der Waals surface area contributed by atoms with Crippen LogP contribution < -0.4 is 0 Å². The Morgan fingerprint density at radius 3 is 2.47 bits per heavy atom. The fraction of sp³-hybridized carbons (Fsp3) is 0.375. The van der Waals surface area contributed by atoms with Crippen molar-refractivity contribution in [2.45, 2.75) is 39.9 Å². The molecule has 0 radical (unpaired) electrons. The molecule has 1 saturated heterocycles. The van der Waals surface area contributed by atoms with E-state index in [4.69, 9.17) is 4.74 Å². The molecule has 0 saturated carbocycles. The van der Waals surface area contributed by atoms with Crippen molar-refractivity contribution in [2.75, 3.05) is 13.1 Å². The van der Waals surface area contributed by atoms with Crippen molar-refractivity contribution in [2.24, 2.45) is 5.41 Å². The molecule has 0 N–H and O–H groups in total. The third-order valence-corrected chi connectivity index (χ3v) is 5.63. The molecule has 3 heterocycles. The highest BCUT2D eigenvalue weighted by Crippen LogP contribution is 2.34. The largest absolute Gasteiger partial charge is 0.366 e. The van der Waals surface area contributed by atoms with Crippen molar-refractivity contribution >= 4 is 5.91 Å². The van der Waals surface area contributed by atoms with Gasteiger partial charge in [-0.05, 0) is 30.0 Å². The molecule has 2 atom stereocenters. The number of amides is 1. The standard InChI is InChI=1S/C24H28N4O2/c1-17-19(14-26-28(17)22-12-8-9-13-25-22)23(29)27-15-20(18-10-6-5-7-11-18)30-21(16-27)24(2,3)4/h5-14,20-21H,15-16H2,1-4H3/t20-,21+/m0/s1. The smallest absolute Gasteiger partial charge is 0.257 e. The molecule has 2 aromatic heterocycles. The number of nitrogens with zero attached hydrogens (tertiary/aromatic N) is 4. The summed E-state index contributed by atoms with van der Waals surface area (Å²) in [5.41, 5.74) is 2.39. The van der Waals surface area contributed by atoms with Crippen LogP contribution >= 0.6 is 0 Å². The molecule has 6 heteroatoms. The van der Waals surface area contributed by atoms with Crippen LogP contribution in [0.25, 0.3) is 5.82 Å². The van der Waals surface area contributed by atoms with Crippen LogP contribution in [0.3, 0.4) is 0 Å². The highest BCUT2D eigenvalue weighted by Gasteiger charge is 2.38. The van der Waals surface area contributed by atoms with Gasteiger partial charge in [-0.25, -0.2) is 9.67 Å². The fourth-order valence-corrected chi connectivity index (χ4v) is 3.75. The van der Waals surface area contributed by atoms with Gasteiger partial charge in [0.05, 0.1) is 30.1 Å². The van der Waals surface area contributed by atoms with Crippen LogP contribution in [0.15, 0.2) is 60.9 Å². The van der Waals surface area contributed by atoms with Gasteiger partial charge in [0.25, 0.3) is 5.91 Å². The minimum Gasteiger partial charge on any atom is -0.366 e. The number of pyridine rings is 1. The van der Waals surface area contributed by atoms with Crippen molar-refractivity contribution in [3.63, 3.8) is 0 Å². The van der Waals surface area contributed by atoms with E-state index < -0.39 is 0 Å². The van der Waals surface area contributed by atoms with Gasteiger partial charge in [0.1, 0.15) is 6.10 Å². The van der Waals surface area contributed by atoms with Gasteiger partial charge in [0.15, 0.2) is 5.82 Å². The fourth-order valence-electron chi connectivity index (χ4n) is 3.75. The molecular formula is C24H28N4O2. The maximum atomic E-state index is 13.5. The van der Waals surface area contributed by atoms with Gasteiger partial charge in [-0.2, -0.15) is 5.10 Å². The van der Waals surface area contributed by atoms with Gasteiger partial charge in [0, 0.05) is 12.7 Å². The first-order valence-corrected chi connectivity index (χ1v) is 10.3. The Balaban J connectivity index is 1.63. The Kier molecular flexibility index (Phi) is 5.43. The van der Waals surface area contributed by atoms with Crippen LogP contribution in [-0.4, -0.2) is 44.8 Å². The van der Waals surface area contributed by atoms with Crippen LogP contribution in [0.4, 0.5) is 0 Å². The first-order valence-electron chi connectivity index (χ1n) is 10.3. The molecular weight excluding hydrogens is 376 g/mol. The average molecular weight is 405 g/mol. The molecule has 3 aromatic rings. The normalized spacial score (nSPS) is 19.7.